The summed E-state index contributed by atoms with van der Waals surface area (Å²) in [5.41, 5.74) is 2.02. The van der Waals surface area contributed by atoms with Crippen LogP contribution in [0.1, 0.15) is 44.0 Å². The molecule has 5 heteroatoms. The molecule has 0 radical (unpaired) electrons. The van der Waals surface area contributed by atoms with Gasteiger partial charge in [-0.1, -0.05) is 11.6 Å². The quantitative estimate of drug-likeness (QED) is 0.860. The molecule has 1 N–H and O–H groups in total. The number of aromatic nitrogens is 2. The Morgan fingerprint density at radius 3 is 2.61 bits per heavy atom. The van der Waals surface area contributed by atoms with E-state index in [1.54, 1.807) is 0 Å². The highest BCUT2D eigenvalue weighted by atomic mass is 35.5. The van der Waals surface area contributed by atoms with Gasteiger partial charge in [-0.25, -0.2) is 0 Å². The molecule has 0 aromatic carbocycles. The summed E-state index contributed by atoms with van der Waals surface area (Å²) in [6.45, 7) is 5.70. The number of rotatable bonds is 4. The number of halogens is 2. The molecular weight excluding hydrogens is 269 g/mol. The molecule has 102 valence electrons. The third kappa shape index (κ3) is 3.19. The van der Waals surface area contributed by atoms with Gasteiger partial charge in [0.25, 0.3) is 0 Å². The van der Waals surface area contributed by atoms with Crippen LogP contribution < -0.4 is 5.32 Å². The zero-order valence-electron chi connectivity index (χ0n) is 11.0. The highest BCUT2D eigenvalue weighted by Gasteiger charge is 2.20. The zero-order valence-corrected chi connectivity index (χ0v) is 12.6. The van der Waals surface area contributed by atoms with E-state index in [1.165, 1.54) is 0 Å². The van der Waals surface area contributed by atoms with Crippen LogP contribution in [-0.4, -0.2) is 21.2 Å². The highest BCUT2D eigenvalue weighted by molar-refractivity contribution is 6.31. The van der Waals surface area contributed by atoms with Gasteiger partial charge in [0, 0.05) is 24.5 Å². The SMILES string of the molecule is CCn1nc(C)c(Cl)c1CNC1CCC(Cl)CC1. The third-order valence-corrected chi connectivity index (χ3v) is 4.60. The van der Waals surface area contributed by atoms with E-state index in [1.807, 2.05) is 11.6 Å². The zero-order chi connectivity index (χ0) is 13.1. The average Bonchev–Trinajstić information content (AvgIpc) is 2.65. The predicted octanol–water partition coefficient (Wildman–Crippen LogP) is 3.50. The molecule has 1 aliphatic carbocycles. The molecule has 1 saturated carbocycles. The fourth-order valence-corrected chi connectivity index (χ4v) is 2.99. The first-order valence-electron chi connectivity index (χ1n) is 6.71. The van der Waals surface area contributed by atoms with E-state index in [2.05, 4.69) is 17.3 Å². The van der Waals surface area contributed by atoms with Gasteiger partial charge < -0.3 is 5.32 Å². The van der Waals surface area contributed by atoms with Gasteiger partial charge in [0.15, 0.2) is 0 Å². The van der Waals surface area contributed by atoms with Gasteiger partial charge in [-0.15, -0.1) is 11.6 Å². The Morgan fingerprint density at radius 2 is 2.00 bits per heavy atom. The second-order valence-electron chi connectivity index (χ2n) is 4.99. The molecule has 0 atom stereocenters. The molecule has 2 rings (SSSR count). The molecule has 0 spiro atoms. The van der Waals surface area contributed by atoms with Crippen molar-refractivity contribution >= 4 is 23.2 Å². The Labute approximate surface area is 119 Å². The average molecular weight is 290 g/mol. The second-order valence-corrected chi connectivity index (χ2v) is 5.99. The molecule has 1 heterocycles. The van der Waals surface area contributed by atoms with Gasteiger partial charge in [0.2, 0.25) is 0 Å². The fraction of sp³-hybridized carbons (Fsp3) is 0.769. The molecular formula is C13H21Cl2N3. The van der Waals surface area contributed by atoms with Crippen LogP contribution in [0.5, 0.6) is 0 Å². The molecule has 1 aromatic heterocycles. The van der Waals surface area contributed by atoms with E-state index < -0.39 is 0 Å². The van der Waals surface area contributed by atoms with E-state index in [-0.39, 0.29) is 0 Å². The summed E-state index contributed by atoms with van der Waals surface area (Å²) in [5, 5.41) is 9.18. The number of hydrogen-bond donors (Lipinski definition) is 1. The fourth-order valence-electron chi connectivity index (χ4n) is 2.54. The number of hydrogen-bond acceptors (Lipinski definition) is 2. The first-order chi connectivity index (χ1) is 8.61. The maximum atomic E-state index is 6.29. The van der Waals surface area contributed by atoms with Gasteiger partial charge >= 0.3 is 0 Å². The van der Waals surface area contributed by atoms with E-state index >= 15 is 0 Å². The lowest BCUT2D eigenvalue weighted by Gasteiger charge is -2.26. The maximum Gasteiger partial charge on any atom is 0.0860 e. The number of nitrogens with zero attached hydrogens (tertiary/aromatic N) is 2. The molecule has 0 saturated heterocycles. The molecule has 0 bridgehead atoms. The van der Waals surface area contributed by atoms with Crippen molar-refractivity contribution in [2.75, 3.05) is 0 Å². The van der Waals surface area contributed by atoms with E-state index in [9.17, 15) is 0 Å². The second kappa shape index (κ2) is 6.27. The Morgan fingerprint density at radius 1 is 1.33 bits per heavy atom. The number of nitrogens with one attached hydrogen (secondary N) is 1. The summed E-state index contributed by atoms with van der Waals surface area (Å²) in [6, 6.07) is 0.566. The van der Waals surface area contributed by atoms with Crippen LogP contribution in [0.25, 0.3) is 0 Å². The van der Waals surface area contributed by atoms with Crippen LogP contribution in [0.15, 0.2) is 0 Å². The summed E-state index contributed by atoms with van der Waals surface area (Å²) < 4.78 is 1.98. The summed E-state index contributed by atoms with van der Waals surface area (Å²) in [5.74, 6) is 0. The predicted molar refractivity (Wildman–Crippen MR) is 76.4 cm³/mol. The van der Waals surface area contributed by atoms with Crippen LogP contribution in [0.2, 0.25) is 5.02 Å². The first-order valence-corrected chi connectivity index (χ1v) is 7.52. The topological polar surface area (TPSA) is 29.9 Å². The molecule has 3 nitrogen and oxygen atoms in total. The normalized spacial score (nSPS) is 24.4. The minimum atomic E-state index is 0.370. The van der Waals surface area contributed by atoms with Crippen molar-refractivity contribution < 1.29 is 0 Å². The van der Waals surface area contributed by atoms with Crippen LogP contribution in [0.3, 0.4) is 0 Å². The van der Waals surface area contributed by atoms with Crippen molar-refractivity contribution in [1.29, 1.82) is 0 Å². The largest absolute Gasteiger partial charge is 0.308 e. The van der Waals surface area contributed by atoms with Crippen molar-refractivity contribution in [3.63, 3.8) is 0 Å². The maximum absolute atomic E-state index is 6.29. The van der Waals surface area contributed by atoms with Crippen molar-refractivity contribution in [2.45, 2.75) is 64.0 Å². The van der Waals surface area contributed by atoms with Gasteiger partial charge in [0.1, 0.15) is 0 Å². The van der Waals surface area contributed by atoms with Gasteiger partial charge in [-0.05, 0) is 39.5 Å². The van der Waals surface area contributed by atoms with Gasteiger partial charge in [-0.2, -0.15) is 5.10 Å². The monoisotopic (exact) mass is 289 g/mol. The molecule has 0 unspecified atom stereocenters. The smallest absolute Gasteiger partial charge is 0.0860 e. The van der Waals surface area contributed by atoms with E-state index in [0.29, 0.717) is 11.4 Å². The molecule has 0 aliphatic heterocycles. The molecule has 1 aliphatic rings. The Bertz CT molecular complexity index is 395. The van der Waals surface area contributed by atoms with Crippen LogP contribution in [0.4, 0.5) is 0 Å². The summed E-state index contributed by atoms with van der Waals surface area (Å²) in [7, 11) is 0. The van der Waals surface area contributed by atoms with Gasteiger partial charge in [0.05, 0.1) is 16.4 Å². The highest BCUT2D eigenvalue weighted by Crippen LogP contribution is 2.24. The summed E-state index contributed by atoms with van der Waals surface area (Å²) >= 11 is 12.4. The standard InChI is InChI=1S/C13H21Cl2N3/c1-3-18-12(13(15)9(2)17-18)8-16-11-6-4-10(14)5-7-11/h10-11,16H,3-8H2,1-2H3. The van der Waals surface area contributed by atoms with Crippen molar-refractivity contribution in [3.8, 4) is 0 Å². The summed E-state index contributed by atoms with van der Waals surface area (Å²) in [6.07, 6.45) is 4.54. The van der Waals surface area contributed by atoms with E-state index in [0.717, 1.165) is 55.2 Å². The number of alkyl halides is 1. The van der Waals surface area contributed by atoms with Crippen molar-refractivity contribution in [1.82, 2.24) is 15.1 Å². The lowest BCUT2D eigenvalue weighted by atomic mass is 9.95. The number of aryl methyl sites for hydroxylation is 2. The lowest BCUT2D eigenvalue weighted by Crippen LogP contribution is -2.33. The Balaban J connectivity index is 1.93. The summed E-state index contributed by atoms with van der Waals surface area (Å²) in [4.78, 5) is 0. The van der Waals surface area contributed by atoms with Gasteiger partial charge in [-0.3, -0.25) is 4.68 Å². The lowest BCUT2D eigenvalue weighted by molar-refractivity contribution is 0.371. The van der Waals surface area contributed by atoms with Crippen molar-refractivity contribution in [3.05, 3.63) is 16.4 Å². The van der Waals surface area contributed by atoms with Crippen molar-refractivity contribution in [2.24, 2.45) is 0 Å². The van der Waals surface area contributed by atoms with Crippen LogP contribution in [0, 0.1) is 6.92 Å². The third-order valence-electron chi connectivity index (χ3n) is 3.67. The molecule has 0 amide bonds. The molecule has 18 heavy (non-hydrogen) atoms. The first kappa shape index (κ1) is 14.2. The Kier molecular flexibility index (Phi) is 4.93. The Hall–Kier alpha value is -0.250. The van der Waals surface area contributed by atoms with Crippen LogP contribution in [-0.2, 0) is 13.1 Å². The van der Waals surface area contributed by atoms with Crippen LogP contribution >= 0.6 is 23.2 Å². The minimum absolute atomic E-state index is 0.370. The molecule has 1 fully saturated rings. The van der Waals surface area contributed by atoms with E-state index in [4.69, 9.17) is 23.2 Å². The minimum Gasteiger partial charge on any atom is -0.308 e. The molecule has 1 aromatic rings.